The highest BCUT2D eigenvalue weighted by molar-refractivity contribution is 7.13. The van der Waals surface area contributed by atoms with Crippen molar-refractivity contribution >= 4 is 46.4 Å². The van der Waals surface area contributed by atoms with E-state index < -0.39 is 29.9 Å². The monoisotopic (exact) mass is 454 g/mol. The molecule has 2 aromatic carbocycles. The fourth-order valence-corrected chi connectivity index (χ4v) is 3.85. The van der Waals surface area contributed by atoms with E-state index >= 15 is 0 Å². The Kier molecular flexibility index (Phi) is 5.78. The summed E-state index contributed by atoms with van der Waals surface area (Å²) in [5.74, 6) is -1.45. The number of carboxylic acid groups (broad SMARTS) is 1. The number of nitrogen functional groups attached to an aromatic ring is 1. The zero-order valence-electron chi connectivity index (χ0n) is 16.7. The number of nitrogens with one attached hydrogen (secondary N) is 2. The quantitative estimate of drug-likeness (QED) is 0.401. The molecule has 10 heteroatoms. The minimum atomic E-state index is -1.40. The molecular formula is C22H19FN4O4S. The van der Waals surface area contributed by atoms with Gasteiger partial charge in [-0.15, -0.1) is 11.3 Å². The number of urea groups is 1. The number of imide groups is 1. The highest BCUT2D eigenvalue weighted by Gasteiger charge is 2.37. The number of rotatable bonds is 5. The molecule has 0 aliphatic heterocycles. The highest BCUT2D eigenvalue weighted by Crippen LogP contribution is 2.31. The molecule has 3 aromatic rings. The third-order valence-electron chi connectivity index (χ3n) is 4.92. The van der Waals surface area contributed by atoms with Crippen LogP contribution in [-0.2, 0) is 0 Å². The van der Waals surface area contributed by atoms with E-state index in [1.165, 1.54) is 12.1 Å². The van der Waals surface area contributed by atoms with Gasteiger partial charge in [0.15, 0.2) is 0 Å². The number of hydrogen-bond acceptors (Lipinski definition) is 5. The third-order valence-corrected chi connectivity index (χ3v) is 5.84. The van der Waals surface area contributed by atoms with Crippen LogP contribution in [0.5, 0.6) is 0 Å². The summed E-state index contributed by atoms with van der Waals surface area (Å²) in [4.78, 5) is 37.7. The summed E-state index contributed by atoms with van der Waals surface area (Å²) in [7, 11) is 0. The zero-order chi connectivity index (χ0) is 22.8. The minimum absolute atomic E-state index is 0.0127. The van der Waals surface area contributed by atoms with Gasteiger partial charge in [0.1, 0.15) is 5.82 Å². The van der Waals surface area contributed by atoms with Gasteiger partial charge in [-0.25, -0.2) is 18.9 Å². The molecule has 8 nitrogen and oxygen atoms in total. The van der Waals surface area contributed by atoms with Gasteiger partial charge in [-0.05, 0) is 60.2 Å². The summed E-state index contributed by atoms with van der Waals surface area (Å²) in [6.45, 7) is 0. The average Bonchev–Trinajstić information content (AvgIpc) is 3.41. The lowest BCUT2D eigenvalue weighted by molar-refractivity contribution is 0.102. The molecule has 4 amide bonds. The van der Waals surface area contributed by atoms with E-state index in [1.807, 2.05) is 23.6 Å². The molecule has 0 unspecified atom stereocenters. The van der Waals surface area contributed by atoms with E-state index in [9.17, 15) is 18.8 Å². The van der Waals surface area contributed by atoms with Crippen LogP contribution in [-0.4, -0.2) is 34.1 Å². The molecule has 0 saturated heterocycles. The van der Waals surface area contributed by atoms with Gasteiger partial charge in [0.05, 0.1) is 17.1 Å². The van der Waals surface area contributed by atoms with Crippen LogP contribution in [0.1, 0.15) is 23.2 Å². The van der Waals surface area contributed by atoms with Gasteiger partial charge >= 0.3 is 12.1 Å². The fourth-order valence-electron chi connectivity index (χ4n) is 3.13. The van der Waals surface area contributed by atoms with Gasteiger partial charge in [0.25, 0.3) is 5.91 Å². The van der Waals surface area contributed by atoms with Crippen molar-refractivity contribution in [2.75, 3.05) is 16.4 Å². The largest absolute Gasteiger partial charge is 0.465 e. The van der Waals surface area contributed by atoms with Crippen LogP contribution in [0.15, 0.2) is 53.9 Å². The summed E-state index contributed by atoms with van der Waals surface area (Å²) >= 11 is 1.55. The highest BCUT2D eigenvalue weighted by atomic mass is 32.1. The van der Waals surface area contributed by atoms with Crippen LogP contribution in [0.4, 0.5) is 31.0 Å². The molecule has 1 fully saturated rings. The van der Waals surface area contributed by atoms with Crippen LogP contribution in [0.3, 0.4) is 0 Å². The lowest BCUT2D eigenvalue weighted by atomic mass is 10.1. The fraction of sp³-hybridized carbons (Fsp3) is 0.136. The summed E-state index contributed by atoms with van der Waals surface area (Å²) < 4.78 is 14.5. The first kappa shape index (κ1) is 21.3. The number of amides is 4. The molecule has 1 aromatic heterocycles. The van der Waals surface area contributed by atoms with Crippen molar-refractivity contribution in [2.45, 2.75) is 18.9 Å². The summed E-state index contributed by atoms with van der Waals surface area (Å²) in [6.07, 6.45) is -0.236. The number of nitrogens with zero attached hydrogens (tertiary/aromatic N) is 1. The molecule has 0 atom stereocenters. The van der Waals surface area contributed by atoms with Crippen LogP contribution in [0.25, 0.3) is 10.4 Å². The van der Waals surface area contributed by atoms with Gasteiger partial charge in [-0.2, -0.15) is 0 Å². The molecular weight excluding hydrogens is 435 g/mol. The van der Waals surface area contributed by atoms with Gasteiger partial charge in [-0.1, -0.05) is 12.1 Å². The van der Waals surface area contributed by atoms with E-state index in [4.69, 9.17) is 10.8 Å². The number of nitrogens with two attached hydrogens (primary N) is 1. The van der Waals surface area contributed by atoms with Crippen LogP contribution < -0.4 is 16.4 Å². The molecule has 1 aliphatic carbocycles. The smallest absolute Gasteiger partial charge is 0.415 e. The van der Waals surface area contributed by atoms with Gasteiger partial charge in [-0.3, -0.25) is 4.79 Å². The maximum Gasteiger partial charge on any atom is 0.415 e. The molecule has 1 saturated carbocycles. The number of carbonyl (C=O) groups excluding carboxylic acids is 2. The summed E-state index contributed by atoms with van der Waals surface area (Å²) in [5, 5.41) is 16.0. The third kappa shape index (κ3) is 4.54. The second-order valence-corrected chi connectivity index (χ2v) is 8.19. The molecule has 164 valence electrons. The topological polar surface area (TPSA) is 125 Å². The van der Waals surface area contributed by atoms with Crippen molar-refractivity contribution in [3.63, 3.8) is 0 Å². The number of thiophene rings is 1. The Labute approximate surface area is 186 Å². The lowest BCUT2D eigenvalue weighted by Gasteiger charge is -2.17. The van der Waals surface area contributed by atoms with Crippen LogP contribution >= 0.6 is 11.3 Å². The number of anilines is 3. The lowest BCUT2D eigenvalue weighted by Crippen LogP contribution is -2.40. The van der Waals surface area contributed by atoms with E-state index in [2.05, 4.69) is 10.6 Å². The first-order valence-corrected chi connectivity index (χ1v) is 10.6. The van der Waals surface area contributed by atoms with Crippen LogP contribution in [0.2, 0.25) is 0 Å². The van der Waals surface area contributed by atoms with Crippen molar-refractivity contribution in [3.05, 3.63) is 65.3 Å². The molecule has 0 bridgehead atoms. The van der Waals surface area contributed by atoms with Crippen molar-refractivity contribution in [2.24, 2.45) is 0 Å². The van der Waals surface area contributed by atoms with Gasteiger partial charge < -0.3 is 21.5 Å². The predicted octanol–water partition coefficient (Wildman–Crippen LogP) is 5.06. The molecule has 0 spiro atoms. The maximum absolute atomic E-state index is 14.5. The SMILES string of the molecule is Nc1ccc(-c2cccs2)cc1NC(=O)c1ccc(NC(=O)N(C(=O)O)C2CC2)c(F)c1. The number of halogens is 1. The normalized spacial score (nSPS) is 12.8. The first-order chi connectivity index (χ1) is 15.3. The molecule has 32 heavy (non-hydrogen) atoms. The van der Waals surface area contributed by atoms with Crippen LogP contribution in [0, 0.1) is 5.82 Å². The Morgan fingerprint density at radius 2 is 1.84 bits per heavy atom. The molecule has 0 radical (unpaired) electrons. The minimum Gasteiger partial charge on any atom is -0.465 e. The number of hydrogen-bond donors (Lipinski definition) is 4. The molecule has 5 N–H and O–H groups in total. The Morgan fingerprint density at radius 1 is 1.06 bits per heavy atom. The van der Waals surface area contributed by atoms with Crippen molar-refractivity contribution < 1.29 is 23.9 Å². The Morgan fingerprint density at radius 3 is 2.47 bits per heavy atom. The van der Waals surface area contributed by atoms with Gasteiger partial charge in [0, 0.05) is 16.5 Å². The van der Waals surface area contributed by atoms with Crippen molar-refractivity contribution in [1.29, 1.82) is 0 Å². The Balaban J connectivity index is 1.48. The van der Waals surface area contributed by atoms with E-state index in [0.29, 0.717) is 29.1 Å². The van der Waals surface area contributed by atoms with E-state index in [0.717, 1.165) is 16.5 Å². The summed E-state index contributed by atoms with van der Waals surface area (Å²) in [6, 6.07) is 11.3. The molecule has 1 heterocycles. The summed E-state index contributed by atoms with van der Waals surface area (Å²) in [5.41, 5.74) is 7.39. The number of carbonyl (C=O) groups is 3. The van der Waals surface area contributed by atoms with E-state index in [-0.39, 0.29) is 11.3 Å². The molecule has 4 rings (SSSR count). The zero-order valence-corrected chi connectivity index (χ0v) is 17.5. The van der Waals surface area contributed by atoms with E-state index in [1.54, 1.807) is 23.5 Å². The Hall–Kier alpha value is -3.92. The molecule has 1 aliphatic rings. The average molecular weight is 454 g/mol. The van der Waals surface area contributed by atoms with Gasteiger partial charge in [0.2, 0.25) is 0 Å². The first-order valence-electron chi connectivity index (χ1n) is 9.71. The maximum atomic E-state index is 14.5. The number of benzene rings is 2. The van der Waals surface area contributed by atoms with Crippen molar-refractivity contribution in [1.82, 2.24) is 4.90 Å². The van der Waals surface area contributed by atoms with Crippen molar-refractivity contribution in [3.8, 4) is 10.4 Å². The Bertz CT molecular complexity index is 1190. The predicted molar refractivity (Wildman–Crippen MR) is 120 cm³/mol. The standard InChI is InChI=1S/C22H19FN4O4S/c23-15-10-13(4-8-17(15)26-21(29)27(22(30)31)14-5-6-14)20(28)25-18-11-12(3-7-16(18)24)19-2-1-9-32-19/h1-4,7-11,14H,5-6,24H2,(H,25,28)(H,26,29)(H,30,31). The second-order valence-electron chi connectivity index (χ2n) is 7.24. The second kappa shape index (κ2) is 8.67.